The average molecular weight is 454 g/mol. The van der Waals surface area contributed by atoms with E-state index >= 15 is 0 Å². The molecule has 3 aromatic heterocycles. The number of nitrogens with zero attached hydrogens (tertiary/aromatic N) is 6. The van der Waals surface area contributed by atoms with Crippen molar-refractivity contribution < 1.29 is 0 Å². The number of aromatic nitrogens is 5. The second-order valence-corrected chi connectivity index (χ2v) is 8.47. The fourth-order valence-electron chi connectivity index (χ4n) is 3.49. The van der Waals surface area contributed by atoms with E-state index in [0.29, 0.717) is 45.8 Å². The zero-order chi connectivity index (χ0) is 23.0. The molecule has 0 aliphatic heterocycles. The molecule has 0 radical (unpaired) electrons. The van der Waals surface area contributed by atoms with Crippen LogP contribution in [0.5, 0.6) is 0 Å². The Balaban J connectivity index is 1.73. The van der Waals surface area contributed by atoms with Gasteiger partial charge in [0.15, 0.2) is 11.2 Å². The minimum Gasteiger partial charge on any atom is -0.303 e. The van der Waals surface area contributed by atoms with Crippen LogP contribution in [0.2, 0.25) is 5.02 Å². The molecule has 4 rings (SSSR count). The smallest absolute Gasteiger partial charge is 0.303 e. The zero-order valence-corrected chi connectivity index (χ0v) is 19.1. The summed E-state index contributed by atoms with van der Waals surface area (Å²) in [5.74, 6) is 0.806. The van der Waals surface area contributed by atoms with Crippen LogP contribution in [0.1, 0.15) is 26.0 Å². The van der Waals surface area contributed by atoms with Crippen molar-refractivity contribution in [1.29, 1.82) is 0 Å². The predicted octanol–water partition coefficient (Wildman–Crippen LogP) is 3.13. The third-order valence-electron chi connectivity index (χ3n) is 5.33. The molecule has 0 saturated carbocycles. The Hall–Kier alpha value is -3.46. The molecule has 0 spiro atoms. The second-order valence-electron chi connectivity index (χ2n) is 8.07. The average Bonchev–Trinajstić information content (AvgIpc) is 3.14. The minimum atomic E-state index is -0.427. The number of halogens is 1. The van der Waals surface area contributed by atoms with Gasteiger partial charge in [0.2, 0.25) is 5.95 Å². The first-order valence-electron chi connectivity index (χ1n) is 10.3. The van der Waals surface area contributed by atoms with Crippen molar-refractivity contribution in [3.8, 4) is 0 Å². The van der Waals surface area contributed by atoms with E-state index in [1.165, 1.54) is 11.6 Å². The summed E-state index contributed by atoms with van der Waals surface area (Å²) in [6.45, 7) is 4.77. The van der Waals surface area contributed by atoms with Gasteiger partial charge in [-0.05, 0) is 24.5 Å². The number of benzene rings is 1. The molecule has 9 nitrogen and oxygen atoms in total. The Kier molecular flexibility index (Phi) is 5.84. The first-order chi connectivity index (χ1) is 15.3. The van der Waals surface area contributed by atoms with E-state index < -0.39 is 5.69 Å². The molecule has 1 N–H and O–H groups in total. The molecule has 0 atom stereocenters. The van der Waals surface area contributed by atoms with Gasteiger partial charge in [0.1, 0.15) is 0 Å². The van der Waals surface area contributed by atoms with Crippen molar-refractivity contribution in [2.75, 3.05) is 5.43 Å². The quantitative estimate of drug-likeness (QED) is 0.357. The predicted molar refractivity (Wildman–Crippen MR) is 128 cm³/mol. The first kappa shape index (κ1) is 21.8. The van der Waals surface area contributed by atoms with Gasteiger partial charge >= 0.3 is 5.69 Å². The molecule has 4 aromatic rings. The molecule has 0 aliphatic carbocycles. The number of hydrogen-bond donors (Lipinski definition) is 1. The standard InChI is InChI=1S/C22H24ClN7O2/c1-13(2)10-11-30-18-19(28(3)22(32)29(4)20(18)31)26-21(30)27-24-12-15-9-8-14-6-5-7-16(23)17(14)25-15/h5-9,12-13H,10-11H2,1-4H3,(H,26,27)/b24-12+. The van der Waals surface area contributed by atoms with Gasteiger partial charge in [0.05, 0.1) is 22.4 Å². The fourth-order valence-corrected chi connectivity index (χ4v) is 3.71. The third kappa shape index (κ3) is 3.91. The van der Waals surface area contributed by atoms with Gasteiger partial charge in [-0.1, -0.05) is 43.6 Å². The number of fused-ring (bicyclic) bond motifs is 2. The third-order valence-corrected chi connectivity index (χ3v) is 5.64. The lowest BCUT2D eigenvalue weighted by Gasteiger charge is -2.10. The van der Waals surface area contributed by atoms with Crippen molar-refractivity contribution in [3.63, 3.8) is 0 Å². The molecule has 32 heavy (non-hydrogen) atoms. The highest BCUT2D eigenvalue weighted by molar-refractivity contribution is 6.35. The van der Waals surface area contributed by atoms with Gasteiger partial charge in [-0.3, -0.25) is 13.9 Å². The van der Waals surface area contributed by atoms with Crippen LogP contribution >= 0.6 is 11.6 Å². The molecule has 0 unspecified atom stereocenters. The Morgan fingerprint density at radius 1 is 1.12 bits per heavy atom. The molecule has 3 heterocycles. The summed E-state index contributed by atoms with van der Waals surface area (Å²) < 4.78 is 4.23. The van der Waals surface area contributed by atoms with Crippen molar-refractivity contribution in [1.82, 2.24) is 23.7 Å². The normalized spacial score (nSPS) is 11.9. The van der Waals surface area contributed by atoms with Crippen LogP contribution in [-0.4, -0.2) is 29.9 Å². The Morgan fingerprint density at radius 2 is 1.91 bits per heavy atom. The van der Waals surface area contributed by atoms with Crippen LogP contribution in [0.4, 0.5) is 5.95 Å². The lowest BCUT2D eigenvalue weighted by molar-refractivity contribution is 0.524. The van der Waals surface area contributed by atoms with E-state index in [0.717, 1.165) is 16.4 Å². The molecule has 166 valence electrons. The van der Waals surface area contributed by atoms with Crippen molar-refractivity contribution in [2.45, 2.75) is 26.8 Å². The summed E-state index contributed by atoms with van der Waals surface area (Å²) in [7, 11) is 3.06. The van der Waals surface area contributed by atoms with Gasteiger partial charge in [0.25, 0.3) is 5.56 Å². The molecule has 10 heteroatoms. The number of pyridine rings is 1. The molecule has 0 fully saturated rings. The number of hydrogen-bond acceptors (Lipinski definition) is 6. The topological polar surface area (TPSA) is 99.1 Å². The summed E-state index contributed by atoms with van der Waals surface area (Å²) >= 11 is 6.24. The molecular weight excluding hydrogens is 430 g/mol. The van der Waals surface area contributed by atoms with Gasteiger partial charge in [0, 0.05) is 26.0 Å². The summed E-state index contributed by atoms with van der Waals surface area (Å²) in [6, 6.07) is 9.37. The van der Waals surface area contributed by atoms with E-state index in [1.54, 1.807) is 23.9 Å². The number of imidazole rings is 1. The maximum absolute atomic E-state index is 12.8. The fraction of sp³-hybridized carbons (Fsp3) is 0.318. The minimum absolute atomic E-state index is 0.315. The Labute approximate surface area is 189 Å². The zero-order valence-electron chi connectivity index (χ0n) is 18.3. The monoisotopic (exact) mass is 453 g/mol. The first-order valence-corrected chi connectivity index (χ1v) is 10.7. The number of rotatable bonds is 6. The van der Waals surface area contributed by atoms with E-state index in [-0.39, 0.29) is 5.56 Å². The summed E-state index contributed by atoms with van der Waals surface area (Å²) in [6.07, 6.45) is 2.40. The number of para-hydroxylation sites is 1. The number of nitrogens with one attached hydrogen (secondary N) is 1. The Morgan fingerprint density at radius 3 is 2.66 bits per heavy atom. The maximum Gasteiger partial charge on any atom is 0.332 e. The van der Waals surface area contributed by atoms with E-state index in [1.807, 2.05) is 24.3 Å². The van der Waals surface area contributed by atoms with Crippen LogP contribution in [0.25, 0.3) is 22.1 Å². The summed E-state index contributed by atoms with van der Waals surface area (Å²) in [4.78, 5) is 34.2. The van der Waals surface area contributed by atoms with Crippen molar-refractivity contribution in [3.05, 3.63) is 61.9 Å². The van der Waals surface area contributed by atoms with Gasteiger partial charge in [-0.2, -0.15) is 10.1 Å². The lowest BCUT2D eigenvalue weighted by Crippen LogP contribution is -2.37. The summed E-state index contributed by atoms with van der Waals surface area (Å²) in [5, 5.41) is 5.78. The highest BCUT2D eigenvalue weighted by Crippen LogP contribution is 2.21. The number of anilines is 1. The molecular formula is C22H24ClN7O2. The molecule has 0 amide bonds. The maximum atomic E-state index is 12.8. The van der Waals surface area contributed by atoms with Crippen LogP contribution in [-0.2, 0) is 20.6 Å². The molecule has 0 bridgehead atoms. The lowest BCUT2D eigenvalue weighted by atomic mass is 10.1. The van der Waals surface area contributed by atoms with E-state index in [2.05, 4.69) is 34.3 Å². The highest BCUT2D eigenvalue weighted by atomic mass is 35.5. The summed E-state index contributed by atoms with van der Waals surface area (Å²) in [5.41, 5.74) is 4.09. The van der Waals surface area contributed by atoms with Crippen LogP contribution < -0.4 is 16.7 Å². The van der Waals surface area contributed by atoms with Crippen LogP contribution in [0, 0.1) is 5.92 Å². The van der Waals surface area contributed by atoms with Gasteiger partial charge in [-0.25, -0.2) is 15.2 Å². The van der Waals surface area contributed by atoms with Crippen LogP contribution in [0.15, 0.2) is 45.0 Å². The van der Waals surface area contributed by atoms with Crippen molar-refractivity contribution >= 4 is 45.8 Å². The molecule has 1 aromatic carbocycles. The van der Waals surface area contributed by atoms with Crippen LogP contribution in [0.3, 0.4) is 0 Å². The number of aryl methyl sites for hydroxylation is 2. The van der Waals surface area contributed by atoms with Gasteiger partial charge < -0.3 is 4.57 Å². The SMILES string of the molecule is CC(C)CCn1c(N/N=C/c2ccc3cccc(Cl)c3n2)nc2c1c(=O)n(C)c(=O)n2C. The van der Waals surface area contributed by atoms with Gasteiger partial charge in [-0.15, -0.1) is 0 Å². The number of hydrazone groups is 1. The van der Waals surface area contributed by atoms with E-state index in [9.17, 15) is 9.59 Å². The largest absolute Gasteiger partial charge is 0.332 e. The van der Waals surface area contributed by atoms with Crippen molar-refractivity contribution in [2.24, 2.45) is 25.1 Å². The molecule has 0 saturated heterocycles. The second kappa shape index (κ2) is 8.58. The molecule has 0 aliphatic rings. The van der Waals surface area contributed by atoms with E-state index in [4.69, 9.17) is 11.6 Å². The highest BCUT2D eigenvalue weighted by Gasteiger charge is 2.19. The Bertz CT molecular complexity index is 1460.